The lowest BCUT2D eigenvalue weighted by molar-refractivity contribution is -0.385. The molecule has 7 heteroatoms. The van der Waals surface area contributed by atoms with Gasteiger partial charge in [0.1, 0.15) is 5.69 Å². The lowest BCUT2D eigenvalue weighted by Gasteiger charge is -2.13. The first kappa shape index (κ1) is 16.4. The summed E-state index contributed by atoms with van der Waals surface area (Å²) in [6.45, 7) is 4.17. The third-order valence-corrected chi connectivity index (χ3v) is 3.33. The van der Waals surface area contributed by atoms with E-state index >= 15 is 0 Å². The van der Waals surface area contributed by atoms with Crippen LogP contribution in [0, 0.1) is 10.1 Å². The fraction of sp³-hybridized carbons (Fsp3) is 0.538. The Balaban J connectivity index is 2.83. The second-order valence-corrected chi connectivity index (χ2v) is 6.19. The number of rotatable bonds is 8. The van der Waals surface area contributed by atoms with Gasteiger partial charge in [-0.25, -0.2) is 0 Å². The quantitative estimate of drug-likeness (QED) is 0.453. The Morgan fingerprint density at radius 1 is 1.45 bits per heavy atom. The van der Waals surface area contributed by atoms with Crippen LogP contribution in [0.3, 0.4) is 0 Å². The molecular weight excluding hydrogens is 280 g/mol. The third-order valence-electron chi connectivity index (χ3n) is 2.47. The van der Waals surface area contributed by atoms with Crippen LogP contribution in [0.1, 0.15) is 20.3 Å². The smallest absolute Gasteiger partial charge is 0.333 e. The Hall–Kier alpha value is -1.63. The molecule has 0 aromatic heterocycles. The average molecular weight is 300 g/mol. The monoisotopic (exact) mass is 300 g/mol. The number of para-hydroxylation sites is 1. The van der Waals surface area contributed by atoms with Crippen LogP contribution in [0.4, 0.5) is 11.4 Å². The zero-order chi connectivity index (χ0) is 15.1. The first-order valence-corrected chi connectivity index (χ1v) is 8.12. The van der Waals surface area contributed by atoms with Crippen LogP contribution >= 0.6 is 0 Å². The maximum Gasteiger partial charge on any atom is 0.333 e. The zero-order valence-electron chi connectivity index (χ0n) is 11.9. The van der Waals surface area contributed by atoms with Crippen LogP contribution in [0.2, 0.25) is 0 Å². The molecule has 0 spiro atoms. The number of benzene rings is 1. The molecule has 6 nitrogen and oxygen atoms in total. The van der Waals surface area contributed by atoms with E-state index < -0.39 is 15.7 Å². The molecule has 0 saturated heterocycles. The molecule has 0 aliphatic rings. The van der Waals surface area contributed by atoms with E-state index in [1.165, 1.54) is 0 Å². The summed E-state index contributed by atoms with van der Waals surface area (Å²) in [4.78, 5) is 10.8. The number of nitrogens with zero attached hydrogens (tertiary/aromatic N) is 1. The SMILES string of the molecule is CC(C)Oc1cccc(NCCCS(C)=O)c1[N+](=O)[O-]. The van der Waals surface area contributed by atoms with Gasteiger partial charge >= 0.3 is 5.69 Å². The van der Waals surface area contributed by atoms with E-state index in [-0.39, 0.29) is 17.5 Å². The normalized spacial score (nSPS) is 12.2. The van der Waals surface area contributed by atoms with Crippen molar-refractivity contribution in [3.8, 4) is 5.75 Å². The minimum atomic E-state index is -0.848. The second kappa shape index (κ2) is 7.84. The van der Waals surface area contributed by atoms with E-state index in [2.05, 4.69) is 5.32 Å². The van der Waals surface area contributed by atoms with Gasteiger partial charge in [0.05, 0.1) is 11.0 Å². The summed E-state index contributed by atoms with van der Waals surface area (Å²) < 4.78 is 16.4. The molecule has 1 atom stereocenters. The predicted molar refractivity (Wildman–Crippen MR) is 80.9 cm³/mol. The Labute approximate surface area is 121 Å². The molecule has 0 fully saturated rings. The van der Waals surface area contributed by atoms with Gasteiger partial charge in [0, 0.05) is 29.4 Å². The highest BCUT2D eigenvalue weighted by atomic mass is 32.2. The Bertz CT molecular complexity index is 491. The van der Waals surface area contributed by atoms with E-state index in [9.17, 15) is 14.3 Å². The van der Waals surface area contributed by atoms with Gasteiger partial charge in [-0.05, 0) is 32.4 Å². The molecule has 0 radical (unpaired) electrons. The summed E-state index contributed by atoms with van der Waals surface area (Å²) in [6.07, 6.45) is 2.20. The van der Waals surface area contributed by atoms with E-state index in [1.807, 2.05) is 13.8 Å². The Morgan fingerprint density at radius 2 is 2.15 bits per heavy atom. The molecule has 0 amide bonds. The standard InChI is InChI=1S/C13H20N2O4S/c1-10(2)19-12-7-4-6-11(13(12)15(16)17)14-8-5-9-20(3)18/h4,6-7,10,14H,5,8-9H2,1-3H3. The van der Waals surface area contributed by atoms with Crippen LogP contribution in [0.25, 0.3) is 0 Å². The molecule has 0 heterocycles. The molecule has 1 rings (SSSR count). The van der Waals surface area contributed by atoms with Crippen molar-refractivity contribution in [2.45, 2.75) is 26.4 Å². The van der Waals surface area contributed by atoms with Crippen LogP contribution in [0.5, 0.6) is 5.75 Å². The number of nitrogens with one attached hydrogen (secondary N) is 1. The summed E-state index contributed by atoms with van der Waals surface area (Å²) in [7, 11) is -0.848. The molecule has 1 aromatic rings. The van der Waals surface area contributed by atoms with Crippen molar-refractivity contribution in [1.29, 1.82) is 0 Å². The fourth-order valence-electron chi connectivity index (χ4n) is 1.70. The van der Waals surface area contributed by atoms with E-state index in [0.717, 1.165) is 0 Å². The van der Waals surface area contributed by atoms with Gasteiger partial charge in [-0.3, -0.25) is 14.3 Å². The maximum atomic E-state index is 11.2. The van der Waals surface area contributed by atoms with E-state index in [1.54, 1.807) is 24.5 Å². The van der Waals surface area contributed by atoms with Crippen LogP contribution < -0.4 is 10.1 Å². The summed E-state index contributed by atoms with van der Waals surface area (Å²) >= 11 is 0. The lowest BCUT2D eigenvalue weighted by Crippen LogP contribution is -2.11. The molecule has 0 aliphatic carbocycles. The Morgan fingerprint density at radius 3 is 2.70 bits per heavy atom. The third kappa shape index (κ3) is 5.16. The molecule has 0 saturated carbocycles. The Kier molecular flexibility index (Phi) is 6.44. The van der Waals surface area contributed by atoms with Gasteiger partial charge in [-0.15, -0.1) is 0 Å². The number of ether oxygens (including phenoxy) is 1. The predicted octanol–water partition coefficient (Wildman–Crippen LogP) is 2.56. The fourth-order valence-corrected chi connectivity index (χ4v) is 2.25. The number of anilines is 1. The first-order valence-electron chi connectivity index (χ1n) is 6.39. The molecule has 1 N–H and O–H groups in total. The largest absolute Gasteiger partial charge is 0.484 e. The van der Waals surface area contributed by atoms with Crippen molar-refractivity contribution < 1.29 is 13.9 Å². The number of hydrogen-bond donors (Lipinski definition) is 1. The van der Waals surface area contributed by atoms with Crippen molar-refractivity contribution in [2.24, 2.45) is 0 Å². The first-order chi connectivity index (χ1) is 9.41. The minimum Gasteiger partial charge on any atom is -0.484 e. The highest BCUT2D eigenvalue weighted by Gasteiger charge is 2.21. The molecular formula is C13H20N2O4S. The molecule has 20 heavy (non-hydrogen) atoms. The van der Waals surface area contributed by atoms with Crippen molar-refractivity contribution in [2.75, 3.05) is 23.9 Å². The van der Waals surface area contributed by atoms with Crippen molar-refractivity contribution >= 4 is 22.2 Å². The van der Waals surface area contributed by atoms with E-state index in [0.29, 0.717) is 24.4 Å². The van der Waals surface area contributed by atoms with Gasteiger partial charge < -0.3 is 10.1 Å². The summed E-state index contributed by atoms with van der Waals surface area (Å²) in [5, 5.41) is 14.2. The number of nitro groups is 1. The van der Waals surface area contributed by atoms with Gasteiger partial charge in [0.25, 0.3) is 0 Å². The maximum absolute atomic E-state index is 11.2. The van der Waals surface area contributed by atoms with Gasteiger partial charge in [0.2, 0.25) is 0 Å². The minimum absolute atomic E-state index is 0.0566. The highest BCUT2D eigenvalue weighted by Crippen LogP contribution is 2.35. The molecule has 0 aliphatic heterocycles. The molecule has 1 unspecified atom stereocenters. The van der Waals surface area contributed by atoms with Crippen molar-refractivity contribution in [3.63, 3.8) is 0 Å². The van der Waals surface area contributed by atoms with Crippen LogP contribution in [-0.2, 0) is 10.8 Å². The summed E-state index contributed by atoms with van der Waals surface area (Å²) in [6, 6.07) is 4.95. The van der Waals surface area contributed by atoms with Gasteiger partial charge in [-0.2, -0.15) is 0 Å². The zero-order valence-corrected chi connectivity index (χ0v) is 12.7. The summed E-state index contributed by atoms with van der Waals surface area (Å²) in [5.74, 6) is 0.831. The van der Waals surface area contributed by atoms with Gasteiger partial charge in [0.15, 0.2) is 5.75 Å². The van der Waals surface area contributed by atoms with Crippen LogP contribution in [-0.4, -0.2) is 33.8 Å². The van der Waals surface area contributed by atoms with Crippen molar-refractivity contribution in [3.05, 3.63) is 28.3 Å². The average Bonchev–Trinajstić information content (AvgIpc) is 2.33. The molecule has 0 bridgehead atoms. The number of nitro benzene ring substituents is 1. The van der Waals surface area contributed by atoms with E-state index in [4.69, 9.17) is 4.74 Å². The second-order valence-electron chi connectivity index (χ2n) is 4.63. The highest BCUT2D eigenvalue weighted by molar-refractivity contribution is 7.84. The van der Waals surface area contributed by atoms with Gasteiger partial charge in [-0.1, -0.05) is 6.07 Å². The van der Waals surface area contributed by atoms with Crippen LogP contribution in [0.15, 0.2) is 18.2 Å². The number of hydrogen-bond acceptors (Lipinski definition) is 5. The lowest BCUT2D eigenvalue weighted by atomic mass is 10.2. The van der Waals surface area contributed by atoms with Crippen molar-refractivity contribution in [1.82, 2.24) is 0 Å². The molecule has 1 aromatic carbocycles. The topological polar surface area (TPSA) is 81.5 Å². The summed E-state index contributed by atoms with van der Waals surface area (Å²) in [5.41, 5.74) is 0.369. The molecule has 112 valence electrons.